The summed E-state index contributed by atoms with van der Waals surface area (Å²) in [5.74, 6) is 0.173. The molecule has 1 fully saturated rings. The Kier molecular flexibility index (Phi) is 4.93. The fourth-order valence-electron chi connectivity index (χ4n) is 2.12. The zero-order valence-corrected chi connectivity index (χ0v) is 11.7. The minimum Gasteiger partial charge on any atom is -0.380 e. The lowest BCUT2D eigenvalue weighted by Crippen LogP contribution is -2.36. The summed E-state index contributed by atoms with van der Waals surface area (Å²) in [6.45, 7) is 1.70. The van der Waals surface area contributed by atoms with Gasteiger partial charge in [0.05, 0.1) is 13.2 Å². The highest BCUT2D eigenvalue weighted by Crippen LogP contribution is 2.25. The van der Waals surface area contributed by atoms with Gasteiger partial charge in [0.25, 0.3) is 0 Å². The summed E-state index contributed by atoms with van der Waals surface area (Å²) in [7, 11) is 3.58. The van der Waals surface area contributed by atoms with Crippen LogP contribution >= 0.6 is 0 Å². The van der Waals surface area contributed by atoms with E-state index in [-0.39, 0.29) is 5.91 Å². The summed E-state index contributed by atoms with van der Waals surface area (Å²) in [6.07, 6.45) is 2.30. The number of nitrogens with one attached hydrogen (secondary N) is 1. The van der Waals surface area contributed by atoms with Gasteiger partial charge in [-0.1, -0.05) is 24.3 Å². The van der Waals surface area contributed by atoms with E-state index in [1.165, 1.54) is 11.1 Å². The molecule has 1 aliphatic rings. The van der Waals surface area contributed by atoms with E-state index in [1.54, 1.807) is 7.11 Å². The number of amides is 1. The zero-order chi connectivity index (χ0) is 13.7. The number of methoxy groups -OCH3 is 1. The van der Waals surface area contributed by atoms with Gasteiger partial charge in [-0.3, -0.25) is 4.79 Å². The van der Waals surface area contributed by atoms with Gasteiger partial charge in [0.15, 0.2) is 0 Å². The lowest BCUT2D eigenvalue weighted by molar-refractivity contribution is -0.129. The molecule has 0 saturated heterocycles. The third-order valence-corrected chi connectivity index (χ3v) is 3.50. The molecule has 1 aromatic carbocycles. The van der Waals surface area contributed by atoms with Crippen LogP contribution in [0.25, 0.3) is 0 Å². The number of hydrogen-bond donors (Lipinski definition) is 1. The van der Waals surface area contributed by atoms with Crippen molar-refractivity contribution in [3.05, 3.63) is 35.4 Å². The molecule has 0 aliphatic heterocycles. The van der Waals surface area contributed by atoms with Crippen LogP contribution in [0.5, 0.6) is 0 Å². The van der Waals surface area contributed by atoms with E-state index in [2.05, 4.69) is 17.4 Å². The number of carbonyl (C=O) groups excluding carboxylic acids is 1. The monoisotopic (exact) mass is 262 g/mol. The molecule has 0 atom stereocenters. The van der Waals surface area contributed by atoms with E-state index in [0.717, 1.165) is 12.8 Å². The molecule has 1 N–H and O–H groups in total. The van der Waals surface area contributed by atoms with Gasteiger partial charge in [-0.2, -0.15) is 0 Å². The van der Waals surface area contributed by atoms with Crippen molar-refractivity contribution in [3.8, 4) is 0 Å². The van der Waals surface area contributed by atoms with Gasteiger partial charge in [0.2, 0.25) is 5.91 Å². The Bertz CT molecular complexity index is 430. The van der Waals surface area contributed by atoms with Crippen molar-refractivity contribution in [1.82, 2.24) is 10.2 Å². The van der Waals surface area contributed by atoms with Crippen molar-refractivity contribution < 1.29 is 9.53 Å². The van der Waals surface area contributed by atoms with Crippen LogP contribution in [0.15, 0.2) is 24.3 Å². The number of likely N-dealkylation sites (N-methyl/N-ethyl adjacent to an activating group) is 1. The predicted octanol–water partition coefficient (Wildman–Crippen LogP) is 1.54. The summed E-state index contributed by atoms with van der Waals surface area (Å²) in [4.78, 5) is 13.7. The van der Waals surface area contributed by atoms with E-state index in [0.29, 0.717) is 25.7 Å². The molecule has 0 heterocycles. The minimum absolute atomic E-state index is 0.173. The molecule has 1 saturated carbocycles. The molecule has 0 spiro atoms. The number of nitrogens with zero attached hydrogens (tertiary/aromatic N) is 1. The highest BCUT2D eigenvalue weighted by molar-refractivity contribution is 5.78. The maximum absolute atomic E-state index is 11.9. The van der Waals surface area contributed by atoms with E-state index >= 15 is 0 Å². The minimum atomic E-state index is 0.173. The lowest BCUT2D eigenvalue weighted by Gasteiger charge is -2.17. The maximum Gasteiger partial charge on any atom is 0.236 e. The van der Waals surface area contributed by atoms with E-state index < -0.39 is 0 Å². The standard InChI is InChI=1S/C15H22N2O2/c1-17(14-7-8-14)15(18)10-16-9-12-5-3-4-6-13(12)11-19-2/h3-6,14,16H,7-11H2,1-2H3. The molecule has 1 aliphatic carbocycles. The number of ether oxygens (including phenoxy) is 1. The first-order chi connectivity index (χ1) is 9.22. The van der Waals surface area contributed by atoms with Crippen LogP contribution in [-0.2, 0) is 22.7 Å². The van der Waals surface area contributed by atoms with Crippen molar-refractivity contribution >= 4 is 5.91 Å². The average molecular weight is 262 g/mol. The Morgan fingerprint density at radius 3 is 2.68 bits per heavy atom. The smallest absolute Gasteiger partial charge is 0.236 e. The van der Waals surface area contributed by atoms with Crippen LogP contribution in [0, 0.1) is 0 Å². The molecule has 4 heteroatoms. The molecule has 0 aromatic heterocycles. The third kappa shape index (κ3) is 4.04. The second-order valence-corrected chi connectivity index (χ2v) is 5.04. The average Bonchev–Trinajstić information content (AvgIpc) is 3.24. The van der Waals surface area contributed by atoms with Crippen LogP contribution in [0.4, 0.5) is 0 Å². The number of rotatable bonds is 7. The fourth-order valence-corrected chi connectivity index (χ4v) is 2.12. The first-order valence-corrected chi connectivity index (χ1v) is 6.74. The number of benzene rings is 1. The lowest BCUT2D eigenvalue weighted by atomic mass is 10.1. The highest BCUT2D eigenvalue weighted by Gasteiger charge is 2.28. The van der Waals surface area contributed by atoms with E-state index in [4.69, 9.17) is 4.74 Å². The molecule has 0 bridgehead atoms. The molecular weight excluding hydrogens is 240 g/mol. The Balaban J connectivity index is 1.80. The normalized spacial score (nSPS) is 14.4. The SMILES string of the molecule is COCc1ccccc1CNCC(=O)N(C)C1CC1. The first-order valence-electron chi connectivity index (χ1n) is 6.74. The number of carbonyl (C=O) groups is 1. The molecule has 19 heavy (non-hydrogen) atoms. The van der Waals surface area contributed by atoms with Crippen molar-refractivity contribution in [2.45, 2.75) is 32.0 Å². The zero-order valence-electron chi connectivity index (χ0n) is 11.7. The summed E-state index contributed by atoms with van der Waals surface area (Å²) in [6, 6.07) is 8.61. The largest absolute Gasteiger partial charge is 0.380 e. The quantitative estimate of drug-likeness (QED) is 0.810. The Labute approximate surface area is 114 Å². The van der Waals surface area contributed by atoms with Gasteiger partial charge in [0.1, 0.15) is 0 Å². The summed E-state index contributed by atoms with van der Waals surface area (Å²) in [5, 5.41) is 3.22. The van der Waals surface area contributed by atoms with Gasteiger partial charge in [-0.05, 0) is 24.0 Å². The van der Waals surface area contributed by atoms with Gasteiger partial charge < -0.3 is 15.0 Å². The summed E-state index contributed by atoms with van der Waals surface area (Å²) >= 11 is 0. The van der Waals surface area contributed by atoms with Crippen LogP contribution in [0.1, 0.15) is 24.0 Å². The Morgan fingerprint density at radius 1 is 1.37 bits per heavy atom. The van der Waals surface area contributed by atoms with Crippen LogP contribution in [0.2, 0.25) is 0 Å². The predicted molar refractivity (Wildman–Crippen MR) is 74.7 cm³/mol. The summed E-state index contributed by atoms with van der Waals surface area (Å²) < 4.78 is 5.17. The Hall–Kier alpha value is -1.39. The summed E-state index contributed by atoms with van der Waals surface area (Å²) in [5.41, 5.74) is 2.35. The van der Waals surface area contributed by atoms with E-state index in [9.17, 15) is 4.79 Å². The van der Waals surface area contributed by atoms with Crippen molar-refractivity contribution in [1.29, 1.82) is 0 Å². The van der Waals surface area contributed by atoms with E-state index in [1.807, 2.05) is 24.1 Å². The second kappa shape index (κ2) is 6.68. The Morgan fingerprint density at radius 2 is 2.05 bits per heavy atom. The highest BCUT2D eigenvalue weighted by atomic mass is 16.5. The fraction of sp³-hybridized carbons (Fsp3) is 0.533. The van der Waals surface area contributed by atoms with Crippen LogP contribution in [-0.4, -0.2) is 37.6 Å². The van der Waals surface area contributed by atoms with Crippen molar-refractivity contribution in [3.63, 3.8) is 0 Å². The van der Waals surface area contributed by atoms with Gasteiger partial charge in [-0.25, -0.2) is 0 Å². The maximum atomic E-state index is 11.9. The molecule has 1 amide bonds. The van der Waals surface area contributed by atoms with Crippen LogP contribution < -0.4 is 5.32 Å². The molecule has 104 valence electrons. The van der Waals surface area contributed by atoms with Crippen molar-refractivity contribution in [2.75, 3.05) is 20.7 Å². The molecule has 2 rings (SSSR count). The van der Waals surface area contributed by atoms with Crippen LogP contribution in [0.3, 0.4) is 0 Å². The molecule has 0 unspecified atom stereocenters. The topological polar surface area (TPSA) is 41.6 Å². The van der Waals surface area contributed by atoms with Gasteiger partial charge >= 0.3 is 0 Å². The first kappa shape index (κ1) is 14.0. The molecule has 1 aromatic rings. The number of hydrogen-bond acceptors (Lipinski definition) is 3. The molecule has 0 radical (unpaired) electrons. The van der Waals surface area contributed by atoms with Crippen molar-refractivity contribution in [2.24, 2.45) is 0 Å². The molecular formula is C15H22N2O2. The second-order valence-electron chi connectivity index (χ2n) is 5.04. The van der Waals surface area contributed by atoms with Gasteiger partial charge in [0, 0.05) is 26.7 Å². The molecule has 4 nitrogen and oxygen atoms in total. The third-order valence-electron chi connectivity index (χ3n) is 3.50. The van der Waals surface area contributed by atoms with Gasteiger partial charge in [-0.15, -0.1) is 0 Å².